The molecule has 2 aromatic rings. The van der Waals surface area contributed by atoms with E-state index in [0.29, 0.717) is 35.4 Å². The standard InChI is InChI=1S/C29H43NO5S2/c1-9-12-30(13-14-36-24-10-11-27(22(8)15-24)35-18-28(31)32)37(33,34)29-25(20(4)5)16-23(19(2)3)17-26(29)21(6)7/h10-11,15-17,19-21H,9,12-14,18H2,1-8H3,(H,31,32). The van der Waals surface area contributed by atoms with E-state index in [1.165, 1.54) is 5.56 Å². The minimum Gasteiger partial charge on any atom is -0.482 e. The highest BCUT2D eigenvalue weighted by atomic mass is 32.2. The number of carbonyl (C=O) groups is 1. The van der Waals surface area contributed by atoms with Gasteiger partial charge in [0.15, 0.2) is 6.61 Å². The summed E-state index contributed by atoms with van der Waals surface area (Å²) in [6.07, 6.45) is 0.733. The SMILES string of the molecule is CCCN(CCSc1ccc(OCC(=O)O)c(C)c1)S(=O)(=O)c1c(C(C)C)cc(C(C)C)cc1C(C)C. The van der Waals surface area contributed by atoms with Crippen molar-refractivity contribution in [3.05, 3.63) is 52.6 Å². The smallest absolute Gasteiger partial charge is 0.341 e. The molecule has 0 amide bonds. The summed E-state index contributed by atoms with van der Waals surface area (Å²) in [4.78, 5) is 12.2. The van der Waals surface area contributed by atoms with Crippen LogP contribution in [-0.2, 0) is 14.8 Å². The van der Waals surface area contributed by atoms with E-state index in [1.54, 1.807) is 22.1 Å². The lowest BCUT2D eigenvalue weighted by atomic mass is 9.89. The summed E-state index contributed by atoms with van der Waals surface area (Å²) in [6.45, 7) is 16.9. The minimum absolute atomic E-state index is 0.0867. The maximum Gasteiger partial charge on any atom is 0.341 e. The van der Waals surface area contributed by atoms with E-state index in [1.807, 2.05) is 26.0 Å². The monoisotopic (exact) mass is 549 g/mol. The van der Waals surface area contributed by atoms with Crippen LogP contribution in [0.4, 0.5) is 0 Å². The minimum atomic E-state index is -3.70. The number of rotatable bonds is 14. The Morgan fingerprint density at radius 3 is 2.03 bits per heavy atom. The lowest BCUT2D eigenvalue weighted by molar-refractivity contribution is -0.139. The molecule has 2 rings (SSSR count). The van der Waals surface area contributed by atoms with Gasteiger partial charge in [-0.2, -0.15) is 4.31 Å². The average molecular weight is 550 g/mol. The molecular formula is C29H43NO5S2. The molecule has 0 saturated carbocycles. The van der Waals surface area contributed by atoms with Gasteiger partial charge in [0.05, 0.1) is 4.90 Å². The quantitative estimate of drug-likeness (QED) is 0.255. The van der Waals surface area contributed by atoms with Gasteiger partial charge >= 0.3 is 5.97 Å². The van der Waals surface area contributed by atoms with Gasteiger partial charge in [-0.3, -0.25) is 0 Å². The van der Waals surface area contributed by atoms with E-state index in [4.69, 9.17) is 9.84 Å². The molecule has 0 aliphatic heterocycles. The van der Waals surface area contributed by atoms with Crippen LogP contribution in [0.15, 0.2) is 40.1 Å². The Hall–Kier alpha value is -2.03. The summed E-state index contributed by atoms with van der Waals surface area (Å²) in [7, 11) is -3.70. The van der Waals surface area contributed by atoms with E-state index >= 15 is 0 Å². The second-order valence-electron chi connectivity index (χ2n) is 10.4. The zero-order chi connectivity index (χ0) is 27.9. The number of carboxylic acid groups (broad SMARTS) is 1. The Bertz CT molecular complexity index is 1140. The van der Waals surface area contributed by atoms with Crippen LogP contribution in [-0.4, -0.2) is 49.2 Å². The number of nitrogens with zero attached hydrogens (tertiary/aromatic N) is 1. The summed E-state index contributed by atoms with van der Waals surface area (Å²) < 4.78 is 35.3. The molecule has 0 radical (unpaired) electrons. The summed E-state index contributed by atoms with van der Waals surface area (Å²) in [5.74, 6) is 0.613. The number of sulfonamides is 1. The molecule has 0 heterocycles. The average Bonchev–Trinajstić information content (AvgIpc) is 2.81. The van der Waals surface area contributed by atoms with Crippen LogP contribution in [0.3, 0.4) is 0 Å². The van der Waals surface area contributed by atoms with Crippen molar-refractivity contribution in [1.82, 2.24) is 4.31 Å². The molecule has 0 unspecified atom stereocenters. The van der Waals surface area contributed by atoms with Gasteiger partial charge in [-0.25, -0.2) is 13.2 Å². The molecule has 206 valence electrons. The van der Waals surface area contributed by atoms with Crippen LogP contribution in [0.1, 0.15) is 94.9 Å². The Kier molecular flexibility index (Phi) is 11.5. The van der Waals surface area contributed by atoms with Crippen molar-refractivity contribution in [2.75, 3.05) is 25.4 Å². The van der Waals surface area contributed by atoms with Crippen molar-refractivity contribution in [1.29, 1.82) is 0 Å². The molecule has 0 aromatic heterocycles. The molecular weight excluding hydrogens is 506 g/mol. The van der Waals surface area contributed by atoms with Crippen molar-refractivity contribution >= 4 is 27.8 Å². The van der Waals surface area contributed by atoms with E-state index in [2.05, 4.69) is 53.7 Å². The second kappa shape index (κ2) is 13.7. The van der Waals surface area contributed by atoms with Crippen LogP contribution in [0.2, 0.25) is 0 Å². The lowest BCUT2D eigenvalue weighted by Gasteiger charge is -2.28. The summed E-state index contributed by atoms with van der Waals surface area (Å²) in [6, 6.07) is 9.76. The van der Waals surface area contributed by atoms with Gasteiger partial charge in [0.2, 0.25) is 10.0 Å². The number of thioether (sulfide) groups is 1. The first kappa shape index (κ1) is 31.2. The van der Waals surface area contributed by atoms with E-state index in [0.717, 1.165) is 28.0 Å². The number of aryl methyl sites for hydroxylation is 1. The number of carboxylic acids is 1. The van der Waals surface area contributed by atoms with E-state index in [-0.39, 0.29) is 18.4 Å². The van der Waals surface area contributed by atoms with Gasteiger partial charge < -0.3 is 9.84 Å². The van der Waals surface area contributed by atoms with Crippen LogP contribution in [0, 0.1) is 6.92 Å². The van der Waals surface area contributed by atoms with Crippen molar-refractivity contribution < 1.29 is 23.1 Å². The number of ether oxygens (including phenoxy) is 1. The molecule has 0 saturated heterocycles. The molecule has 0 bridgehead atoms. The van der Waals surface area contributed by atoms with Crippen molar-refractivity contribution in [3.8, 4) is 5.75 Å². The zero-order valence-electron chi connectivity index (χ0n) is 23.5. The summed E-state index contributed by atoms with van der Waals surface area (Å²) >= 11 is 1.58. The van der Waals surface area contributed by atoms with Gasteiger partial charge in [-0.15, -0.1) is 11.8 Å². The highest BCUT2D eigenvalue weighted by Gasteiger charge is 2.31. The Morgan fingerprint density at radius 2 is 1.57 bits per heavy atom. The summed E-state index contributed by atoms with van der Waals surface area (Å²) in [5, 5.41) is 8.83. The fraction of sp³-hybridized carbons (Fsp3) is 0.552. The van der Waals surface area contributed by atoms with E-state index < -0.39 is 16.0 Å². The Morgan fingerprint density at radius 1 is 0.973 bits per heavy atom. The fourth-order valence-electron chi connectivity index (χ4n) is 4.20. The highest BCUT2D eigenvalue weighted by Crippen LogP contribution is 2.37. The molecule has 6 nitrogen and oxygen atoms in total. The van der Waals surface area contributed by atoms with Crippen molar-refractivity contribution in [2.45, 2.75) is 89.4 Å². The lowest BCUT2D eigenvalue weighted by Crippen LogP contribution is -2.35. The third kappa shape index (κ3) is 8.23. The Balaban J connectivity index is 2.33. The molecule has 8 heteroatoms. The van der Waals surface area contributed by atoms with Crippen LogP contribution in [0.5, 0.6) is 5.75 Å². The molecule has 1 N–H and O–H groups in total. The Labute approximate surface area is 227 Å². The molecule has 37 heavy (non-hydrogen) atoms. The maximum atomic E-state index is 14.2. The third-order valence-corrected chi connectivity index (χ3v) is 9.26. The van der Waals surface area contributed by atoms with Gasteiger partial charge in [0.25, 0.3) is 0 Å². The third-order valence-electron chi connectivity index (χ3n) is 6.26. The van der Waals surface area contributed by atoms with Gasteiger partial charge in [0, 0.05) is 23.7 Å². The molecule has 0 fully saturated rings. The van der Waals surface area contributed by atoms with Crippen LogP contribution in [0.25, 0.3) is 0 Å². The molecule has 2 aromatic carbocycles. The number of hydrogen-bond donors (Lipinski definition) is 1. The van der Waals surface area contributed by atoms with Crippen LogP contribution >= 0.6 is 11.8 Å². The molecule has 0 aliphatic carbocycles. The largest absolute Gasteiger partial charge is 0.482 e. The fourth-order valence-corrected chi connectivity index (χ4v) is 7.48. The topological polar surface area (TPSA) is 83.9 Å². The first-order valence-corrected chi connectivity index (χ1v) is 15.5. The van der Waals surface area contributed by atoms with Gasteiger partial charge in [-0.1, -0.05) is 60.6 Å². The maximum absolute atomic E-state index is 14.2. The van der Waals surface area contributed by atoms with Crippen molar-refractivity contribution in [3.63, 3.8) is 0 Å². The first-order valence-electron chi connectivity index (χ1n) is 13.0. The molecule has 0 spiro atoms. The molecule has 0 atom stereocenters. The zero-order valence-corrected chi connectivity index (χ0v) is 25.1. The second-order valence-corrected chi connectivity index (χ2v) is 13.4. The normalized spacial score (nSPS) is 12.2. The first-order chi connectivity index (χ1) is 17.3. The van der Waals surface area contributed by atoms with Crippen LogP contribution < -0.4 is 4.74 Å². The molecule has 0 aliphatic rings. The highest BCUT2D eigenvalue weighted by molar-refractivity contribution is 7.99. The van der Waals surface area contributed by atoms with Gasteiger partial charge in [-0.05, 0) is 71.6 Å². The van der Waals surface area contributed by atoms with Gasteiger partial charge in [0.1, 0.15) is 5.75 Å². The number of hydrogen-bond acceptors (Lipinski definition) is 5. The number of aliphatic carboxylic acids is 1. The predicted octanol–water partition coefficient (Wildman–Crippen LogP) is 7.02. The number of benzene rings is 2. The summed E-state index contributed by atoms with van der Waals surface area (Å²) in [5.41, 5.74) is 3.82. The van der Waals surface area contributed by atoms with Crippen molar-refractivity contribution in [2.24, 2.45) is 0 Å². The van der Waals surface area contributed by atoms with E-state index in [9.17, 15) is 13.2 Å². The predicted molar refractivity (Wildman–Crippen MR) is 153 cm³/mol.